The number of urea groups is 1. The molecule has 0 saturated carbocycles. The molecule has 4 rings (SSSR count). The van der Waals surface area contributed by atoms with Crippen LogP contribution >= 0.6 is 11.6 Å². The number of likely N-dealkylation sites (tertiary alicyclic amines) is 1. The molecule has 0 bridgehead atoms. The van der Waals surface area contributed by atoms with Crippen LogP contribution in [0.4, 0.5) is 16.3 Å². The number of aromatic nitrogens is 2. The minimum absolute atomic E-state index is 0.283. The Bertz CT molecular complexity index is 834. The zero-order chi connectivity index (χ0) is 20.2. The highest BCUT2D eigenvalue weighted by atomic mass is 35.5. The molecular formula is C20H28ClN7O. The van der Waals surface area contributed by atoms with Crippen molar-refractivity contribution in [2.75, 3.05) is 30.3 Å². The first kappa shape index (κ1) is 20.2. The summed E-state index contributed by atoms with van der Waals surface area (Å²) < 4.78 is 1.93. The Morgan fingerprint density at radius 2 is 2.00 bits per heavy atom. The molecule has 2 unspecified atom stereocenters. The first-order valence-corrected chi connectivity index (χ1v) is 10.6. The molecule has 3 heterocycles. The average Bonchev–Trinajstić information content (AvgIpc) is 3.33. The average molecular weight is 418 g/mol. The van der Waals surface area contributed by atoms with Crippen molar-refractivity contribution in [3.05, 3.63) is 41.6 Å². The van der Waals surface area contributed by atoms with Crippen LogP contribution in [0.1, 0.15) is 32.2 Å². The second-order valence-electron chi connectivity index (χ2n) is 7.87. The number of hydrazine groups is 1. The molecule has 0 radical (unpaired) electrons. The highest BCUT2D eigenvalue weighted by Gasteiger charge is 2.27. The molecule has 8 nitrogen and oxygen atoms in total. The normalized spacial score (nSPS) is 23.2. The molecule has 2 amide bonds. The van der Waals surface area contributed by atoms with E-state index in [-0.39, 0.29) is 12.1 Å². The number of piperidine rings is 1. The summed E-state index contributed by atoms with van der Waals surface area (Å²) in [6.45, 7) is 5.33. The standard InChI is InChI=1S/C20H28ClN7O/c1-14-12-15(26-25-14)13-27-10-7-16(8-11-27)28-19(6-9-22-28)24-20(29)23-18-5-3-2-4-17(18)21/h2-6,9,14-16,25-26H,7-8,10-13H2,1H3,(H2,23,24,29). The van der Waals surface area contributed by atoms with E-state index in [1.54, 1.807) is 18.3 Å². The fourth-order valence-corrected chi connectivity index (χ4v) is 4.30. The minimum Gasteiger partial charge on any atom is -0.306 e. The van der Waals surface area contributed by atoms with Crippen LogP contribution in [0.3, 0.4) is 0 Å². The lowest BCUT2D eigenvalue weighted by Crippen LogP contribution is -2.44. The van der Waals surface area contributed by atoms with E-state index in [9.17, 15) is 4.79 Å². The van der Waals surface area contributed by atoms with Gasteiger partial charge in [-0.25, -0.2) is 9.48 Å². The van der Waals surface area contributed by atoms with E-state index in [1.165, 1.54) is 0 Å². The van der Waals surface area contributed by atoms with Gasteiger partial charge in [-0.2, -0.15) is 5.10 Å². The molecule has 0 aliphatic carbocycles. The van der Waals surface area contributed by atoms with E-state index >= 15 is 0 Å². The Morgan fingerprint density at radius 3 is 2.72 bits per heavy atom. The zero-order valence-corrected chi connectivity index (χ0v) is 17.3. The van der Waals surface area contributed by atoms with Crippen molar-refractivity contribution in [2.45, 2.75) is 44.3 Å². The van der Waals surface area contributed by atoms with E-state index in [2.05, 4.69) is 38.4 Å². The molecule has 4 N–H and O–H groups in total. The number of carbonyl (C=O) groups is 1. The van der Waals surface area contributed by atoms with Gasteiger partial charge >= 0.3 is 6.03 Å². The monoisotopic (exact) mass is 417 g/mol. The molecule has 9 heteroatoms. The van der Waals surface area contributed by atoms with Gasteiger partial charge in [0, 0.05) is 37.8 Å². The molecule has 2 atom stereocenters. The van der Waals surface area contributed by atoms with Gasteiger partial charge in [0.25, 0.3) is 0 Å². The summed E-state index contributed by atoms with van der Waals surface area (Å²) in [7, 11) is 0. The molecule has 2 fully saturated rings. The topological polar surface area (TPSA) is 86.2 Å². The molecule has 2 aromatic rings. The number of nitrogens with zero attached hydrogens (tertiary/aromatic N) is 3. The predicted octanol–water partition coefficient (Wildman–Crippen LogP) is 3.07. The Morgan fingerprint density at radius 1 is 1.21 bits per heavy atom. The van der Waals surface area contributed by atoms with Gasteiger partial charge in [0.2, 0.25) is 0 Å². The van der Waals surface area contributed by atoms with Crippen LogP contribution in [0.15, 0.2) is 36.5 Å². The van der Waals surface area contributed by atoms with Crippen molar-refractivity contribution in [1.82, 2.24) is 25.5 Å². The highest BCUT2D eigenvalue weighted by Crippen LogP contribution is 2.26. The van der Waals surface area contributed by atoms with E-state index in [0.29, 0.717) is 28.6 Å². The van der Waals surface area contributed by atoms with Gasteiger partial charge in [0.15, 0.2) is 0 Å². The number of halogens is 1. The van der Waals surface area contributed by atoms with Crippen molar-refractivity contribution in [3.63, 3.8) is 0 Å². The van der Waals surface area contributed by atoms with Crippen LogP contribution in [0.25, 0.3) is 0 Å². The van der Waals surface area contributed by atoms with Gasteiger partial charge in [0.05, 0.1) is 22.9 Å². The molecule has 29 heavy (non-hydrogen) atoms. The number of nitrogens with one attached hydrogen (secondary N) is 4. The lowest BCUT2D eigenvalue weighted by atomic mass is 10.0. The Hall–Kier alpha value is -2.13. The first-order valence-electron chi connectivity index (χ1n) is 10.2. The summed E-state index contributed by atoms with van der Waals surface area (Å²) in [5.41, 5.74) is 7.24. The number of para-hydroxylation sites is 1. The van der Waals surface area contributed by atoms with Crippen molar-refractivity contribution < 1.29 is 4.79 Å². The quantitative estimate of drug-likeness (QED) is 0.600. The van der Waals surface area contributed by atoms with Crippen molar-refractivity contribution >= 4 is 29.1 Å². The SMILES string of the molecule is CC1CC(CN2CCC(n3nccc3NC(=O)Nc3ccccc3Cl)CC2)NN1. The fraction of sp³-hybridized carbons (Fsp3) is 0.500. The molecule has 0 spiro atoms. The first-order chi connectivity index (χ1) is 14.1. The summed E-state index contributed by atoms with van der Waals surface area (Å²) in [5.74, 6) is 0.698. The molecule has 1 aromatic heterocycles. The third kappa shape index (κ3) is 5.08. The molecule has 2 saturated heterocycles. The summed E-state index contributed by atoms with van der Waals surface area (Å²) >= 11 is 6.11. The molecule has 2 aliphatic rings. The van der Waals surface area contributed by atoms with Crippen molar-refractivity contribution in [1.29, 1.82) is 0 Å². The van der Waals surface area contributed by atoms with Gasteiger partial charge in [-0.15, -0.1) is 0 Å². The van der Waals surface area contributed by atoms with E-state index in [4.69, 9.17) is 11.6 Å². The maximum absolute atomic E-state index is 12.4. The minimum atomic E-state index is -0.328. The second-order valence-corrected chi connectivity index (χ2v) is 8.28. The number of hydrogen-bond acceptors (Lipinski definition) is 5. The van der Waals surface area contributed by atoms with Gasteiger partial charge < -0.3 is 10.2 Å². The van der Waals surface area contributed by atoms with Gasteiger partial charge in [-0.05, 0) is 38.3 Å². The maximum Gasteiger partial charge on any atom is 0.324 e. The van der Waals surface area contributed by atoms with Gasteiger partial charge in [0.1, 0.15) is 5.82 Å². The summed E-state index contributed by atoms with van der Waals surface area (Å²) in [6, 6.07) is 10.00. The van der Waals surface area contributed by atoms with Crippen LogP contribution in [0.5, 0.6) is 0 Å². The predicted molar refractivity (Wildman–Crippen MR) is 115 cm³/mol. The van der Waals surface area contributed by atoms with Crippen LogP contribution in [0.2, 0.25) is 5.02 Å². The van der Waals surface area contributed by atoms with E-state index in [0.717, 1.165) is 38.9 Å². The fourth-order valence-electron chi connectivity index (χ4n) is 4.12. The summed E-state index contributed by atoms with van der Waals surface area (Å²) in [6.07, 6.45) is 4.91. The van der Waals surface area contributed by atoms with Crippen LogP contribution in [0, 0.1) is 0 Å². The maximum atomic E-state index is 12.4. The van der Waals surface area contributed by atoms with E-state index in [1.807, 2.05) is 22.9 Å². The van der Waals surface area contributed by atoms with Gasteiger partial charge in [-0.3, -0.25) is 16.2 Å². The second kappa shape index (κ2) is 9.13. The Labute approximate surface area is 175 Å². The zero-order valence-electron chi connectivity index (χ0n) is 16.6. The molecular weight excluding hydrogens is 390 g/mol. The Kier molecular flexibility index (Phi) is 6.34. The third-order valence-corrected chi connectivity index (χ3v) is 5.92. The molecule has 156 valence electrons. The number of hydrogen-bond donors (Lipinski definition) is 4. The third-order valence-electron chi connectivity index (χ3n) is 5.59. The molecule has 1 aromatic carbocycles. The largest absolute Gasteiger partial charge is 0.324 e. The van der Waals surface area contributed by atoms with Gasteiger partial charge in [-0.1, -0.05) is 23.7 Å². The van der Waals surface area contributed by atoms with Crippen LogP contribution in [-0.2, 0) is 0 Å². The number of carbonyl (C=O) groups excluding carboxylic acids is 1. The smallest absolute Gasteiger partial charge is 0.306 e. The van der Waals surface area contributed by atoms with Crippen molar-refractivity contribution in [2.24, 2.45) is 0 Å². The number of anilines is 2. The summed E-state index contributed by atoms with van der Waals surface area (Å²) in [5, 5.41) is 10.7. The number of rotatable bonds is 5. The van der Waals surface area contributed by atoms with Crippen LogP contribution < -0.4 is 21.5 Å². The molecule has 2 aliphatic heterocycles. The van der Waals surface area contributed by atoms with E-state index < -0.39 is 0 Å². The van der Waals surface area contributed by atoms with Crippen molar-refractivity contribution in [3.8, 4) is 0 Å². The Balaban J connectivity index is 1.30. The van der Waals surface area contributed by atoms with Crippen LogP contribution in [-0.4, -0.2) is 52.4 Å². The highest BCUT2D eigenvalue weighted by molar-refractivity contribution is 6.33. The number of benzene rings is 1. The lowest BCUT2D eigenvalue weighted by Gasteiger charge is -2.34. The lowest BCUT2D eigenvalue weighted by molar-refractivity contribution is 0.168. The summed E-state index contributed by atoms with van der Waals surface area (Å²) in [4.78, 5) is 14.9. The number of amides is 2.